The molecule has 2 aromatic carbocycles. The topological polar surface area (TPSA) is 37.8 Å². The molecule has 4 rings (SSSR count). The number of rotatable bonds is 4. The zero-order valence-corrected chi connectivity index (χ0v) is 16.1. The summed E-state index contributed by atoms with van der Waals surface area (Å²) in [5, 5.41) is 7.31. The molecule has 4 aromatic rings. The molecule has 0 spiro atoms. The van der Waals surface area contributed by atoms with Gasteiger partial charge in [0.15, 0.2) is 0 Å². The van der Waals surface area contributed by atoms with E-state index in [-0.39, 0.29) is 0 Å². The molecule has 1 N–H and O–H groups in total. The maximum atomic E-state index is 5.98. The van der Waals surface area contributed by atoms with Gasteiger partial charge in [-0.2, -0.15) is 0 Å². The molecule has 0 aliphatic rings. The molecule has 0 saturated heterocycles. The standard InChI is InChI=1S/C21H18ClN3S/c1-13(2)14-3-5-15(6-4-14)18-11-26-21-19(18)20(23-12-24-21)25-17-9-7-16(22)8-10-17/h3-13H,1-2H3,(H,23,24,25). The lowest BCUT2D eigenvalue weighted by Crippen LogP contribution is -1.95. The number of halogens is 1. The van der Waals surface area contributed by atoms with Crippen LogP contribution in [-0.4, -0.2) is 9.97 Å². The van der Waals surface area contributed by atoms with E-state index in [0.717, 1.165) is 27.3 Å². The van der Waals surface area contributed by atoms with Crippen LogP contribution < -0.4 is 5.32 Å². The van der Waals surface area contributed by atoms with E-state index in [1.807, 2.05) is 24.3 Å². The van der Waals surface area contributed by atoms with Gasteiger partial charge in [-0.3, -0.25) is 0 Å². The Morgan fingerprint density at radius 2 is 1.69 bits per heavy atom. The Labute approximate surface area is 161 Å². The lowest BCUT2D eigenvalue weighted by molar-refractivity contribution is 0.867. The van der Waals surface area contributed by atoms with E-state index in [2.05, 4.69) is 58.8 Å². The molecule has 2 aromatic heterocycles. The van der Waals surface area contributed by atoms with Crippen molar-refractivity contribution >= 4 is 44.7 Å². The molecule has 130 valence electrons. The number of aromatic nitrogens is 2. The van der Waals surface area contributed by atoms with Gasteiger partial charge in [-0.15, -0.1) is 11.3 Å². The number of anilines is 2. The first kappa shape index (κ1) is 17.0. The third kappa shape index (κ3) is 3.30. The minimum atomic E-state index is 0.522. The summed E-state index contributed by atoms with van der Waals surface area (Å²) in [6.45, 7) is 4.41. The van der Waals surface area contributed by atoms with E-state index in [1.165, 1.54) is 11.1 Å². The predicted octanol–water partition coefficient (Wildman–Crippen LogP) is 6.88. The van der Waals surface area contributed by atoms with Gasteiger partial charge in [0.1, 0.15) is 17.0 Å². The van der Waals surface area contributed by atoms with Crippen LogP contribution in [-0.2, 0) is 0 Å². The quantitative estimate of drug-likeness (QED) is 0.420. The molecule has 0 radical (unpaired) electrons. The van der Waals surface area contributed by atoms with E-state index in [1.54, 1.807) is 17.7 Å². The molecule has 5 heteroatoms. The monoisotopic (exact) mass is 379 g/mol. The second-order valence-electron chi connectivity index (χ2n) is 6.46. The van der Waals surface area contributed by atoms with Crippen molar-refractivity contribution in [2.24, 2.45) is 0 Å². The predicted molar refractivity (Wildman–Crippen MR) is 112 cm³/mol. The Hall–Kier alpha value is -2.43. The van der Waals surface area contributed by atoms with E-state index < -0.39 is 0 Å². The highest BCUT2D eigenvalue weighted by Gasteiger charge is 2.13. The molecule has 0 aliphatic heterocycles. The molecule has 3 nitrogen and oxygen atoms in total. The van der Waals surface area contributed by atoms with Crippen molar-refractivity contribution in [2.45, 2.75) is 19.8 Å². The molecule has 0 amide bonds. The summed E-state index contributed by atoms with van der Waals surface area (Å²) in [5.74, 6) is 1.33. The Morgan fingerprint density at radius 3 is 2.38 bits per heavy atom. The van der Waals surface area contributed by atoms with Crippen molar-refractivity contribution in [1.82, 2.24) is 9.97 Å². The van der Waals surface area contributed by atoms with Crippen LogP contribution in [0, 0.1) is 0 Å². The Bertz CT molecular complexity index is 1040. The number of benzene rings is 2. The number of hydrogen-bond donors (Lipinski definition) is 1. The Balaban J connectivity index is 1.77. The van der Waals surface area contributed by atoms with Crippen LogP contribution in [0.25, 0.3) is 21.3 Å². The number of nitrogens with zero attached hydrogens (tertiary/aromatic N) is 2. The minimum Gasteiger partial charge on any atom is -0.340 e. The van der Waals surface area contributed by atoms with Crippen molar-refractivity contribution < 1.29 is 0 Å². The smallest absolute Gasteiger partial charge is 0.143 e. The van der Waals surface area contributed by atoms with Gasteiger partial charge >= 0.3 is 0 Å². The molecular weight excluding hydrogens is 362 g/mol. The third-order valence-electron chi connectivity index (χ3n) is 4.37. The molecule has 0 aliphatic carbocycles. The fourth-order valence-electron chi connectivity index (χ4n) is 2.90. The lowest BCUT2D eigenvalue weighted by atomic mass is 9.99. The van der Waals surface area contributed by atoms with Gasteiger partial charge in [0.25, 0.3) is 0 Å². The van der Waals surface area contributed by atoms with Crippen LogP contribution in [0.2, 0.25) is 5.02 Å². The van der Waals surface area contributed by atoms with Crippen molar-refractivity contribution in [2.75, 3.05) is 5.32 Å². The van der Waals surface area contributed by atoms with Crippen molar-refractivity contribution in [3.8, 4) is 11.1 Å². The fourth-order valence-corrected chi connectivity index (χ4v) is 3.94. The summed E-state index contributed by atoms with van der Waals surface area (Å²) in [4.78, 5) is 9.89. The Kier molecular flexibility index (Phi) is 4.62. The van der Waals surface area contributed by atoms with Crippen LogP contribution >= 0.6 is 22.9 Å². The number of hydrogen-bond acceptors (Lipinski definition) is 4. The van der Waals surface area contributed by atoms with Gasteiger partial charge in [-0.05, 0) is 41.3 Å². The summed E-state index contributed by atoms with van der Waals surface area (Å²) in [5.41, 5.74) is 4.61. The van der Waals surface area contributed by atoms with Crippen LogP contribution in [0.1, 0.15) is 25.3 Å². The minimum absolute atomic E-state index is 0.522. The molecule has 0 unspecified atom stereocenters. The van der Waals surface area contributed by atoms with Gasteiger partial charge < -0.3 is 5.32 Å². The number of thiophene rings is 1. The molecule has 26 heavy (non-hydrogen) atoms. The van der Waals surface area contributed by atoms with E-state index >= 15 is 0 Å². The van der Waals surface area contributed by atoms with Gasteiger partial charge in [0.2, 0.25) is 0 Å². The maximum absolute atomic E-state index is 5.98. The molecule has 2 heterocycles. The summed E-state index contributed by atoms with van der Waals surface area (Å²) in [6, 6.07) is 16.4. The molecule has 0 bridgehead atoms. The first-order valence-corrected chi connectivity index (χ1v) is 9.72. The highest BCUT2D eigenvalue weighted by Crippen LogP contribution is 2.37. The summed E-state index contributed by atoms with van der Waals surface area (Å²) in [7, 11) is 0. The highest BCUT2D eigenvalue weighted by molar-refractivity contribution is 7.17. The van der Waals surface area contributed by atoms with Gasteiger partial charge in [0.05, 0.1) is 5.39 Å². The molecule has 0 saturated carbocycles. The van der Waals surface area contributed by atoms with E-state index in [4.69, 9.17) is 11.6 Å². The average Bonchev–Trinajstić information content (AvgIpc) is 3.09. The van der Waals surface area contributed by atoms with E-state index in [0.29, 0.717) is 10.9 Å². The molecule has 0 atom stereocenters. The van der Waals surface area contributed by atoms with E-state index in [9.17, 15) is 0 Å². The van der Waals surface area contributed by atoms with Gasteiger partial charge in [-0.1, -0.05) is 49.7 Å². The maximum Gasteiger partial charge on any atom is 0.143 e. The number of fused-ring (bicyclic) bond motifs is 1. The normalized spacial score (nSPS) is 11.2. The van der Waals surface area contributed by atoms with Crippen LogP contribution in [0.4, 0.5) is 11.5 Å². The first-order valence-electron chi connectivity index (χ1n) is 8.47. The van der Waals surface area contributed by atoms with Gasteiger partial charge in [-0.25, -0.2) is 9.97 Å². The SMILES string of the molecule is CC(C)c1ccc(-c2csc3ncnc(Nc4ccc(Cl)cc4)c23)cc1. The second-order valence-corrected chi connectivity index (χ2v) is 7.75. The molecule has 0 fully saturated rings. The Morgan fingerprint density at radius 1 is 0.962 bits per heavy atom. The third-order valence-corrected chi connectivity index (χ3v) is 5.50. The number of nitrogens with one attached hydrogen (secondary N) is 1. The van der Waals surface area contributed by atoms with Crippen molar-refractivity contribution in [3.05, 3.63) is 70.8 Å². The van der Waals surface area contributed by atoms with Gasteiger partial charge in [0, 0.05) is 21.7 Å². The van der Waals surface area contributed by atoms with Crippen LogP contribution in [0.5, 0.6) is 0 Å². The zero-order valence-electron chi connectivity index (χ0n) is 14.5. The molecular formula is C21H18ClN3S. The van der Waals surface area contributed by atoms with Crippen LogP contribution in [0.3, 0.4) is 0 Å². The van der Waals surface area contributed by atoms with Crippen LogP contribution in [0.15, 0.2) is 60.2 Å². The lowest BCUT2D eigenvalue weighted by Gasteiger charge is -2.10. The fraction of sp³-hybridized carbons (Fsp3) is 0.143. The second kappa shape index (κ2) is 7.06. The van der Waals surface area contributed by atoms with Crippen molar-refractivity contribution in [3.63, 3.8) is 0 Å². The summed E-state index contributed by atoms with van der Waals surface area (Å²) >= 11 is 7.61. The van der Waals surface area contributed by atoms with Crippen molar-refractivity contribution in [1.29, 1.82) is 0 Å². The highest BCUT2D eigenvalue weighted by atomic mass is 35.5. The average molecular weight is 380 g/mol. The largest absolute Gasteiger partial charge is 0.340 e. The zero-order chi connectivity index (χ0) is 18.1. The summed E-state index contributed by atoms with van der Waals surface area (Å²) in [6.07, 6.45) is 1.60. The first-order chi connectivity index (χ1) is 12.6. The summed E-state index contributed by atoms with van der Waals surface area (Å²) < 4.78 is 0.